The molecule has 0 aliphatic heterocycles. The first-order valence-corrected chi connectivity index (χ1v) is 12.6. The number of para-hydroxylation sites is 2. The largest absolute Gasteiger partial charge is 0.495 e. The third-order valence-corrected chi connectivity index (χ3v) is 6.89. The minimum absolute atomic E-state index is 0.115. The van der Waals surface area contributed by atoms with Gasteiger partial charge in [0.2, 0.25) is 11.8 Å². The van der Waals surface area contributed by atoms with Crippen LogP contribution in [-0.2, 0) is 16.0 Å². The van der Waals surface area contributed by atoms with E-state index in [9.17, 15) is 9.59 Å². The zero-order valence-electron chi connectivity index (χ0n) is 19.6. The van der Waals surface area contributed by atoms with Crippen molar-refractivity contribution in [1.29, 1.82) is 0 Å². The Hall–Kier alpha value is -3.74. The molecule has 4 aromatic carbocycles. The molecule has 182 valence electrons. The van der Waals surface area contributed by atoms with E-state index < -0.39 is 5.25 Å². The van der Waals surface area contributed by atoms with Gasteiger partial charge in [-0.15, -0.1) is 11.8 Å². The Kier molecular flexibility index (Phi) is 8.66. The number of nitrogens with one attached hydrogen (secondary N) is 2. The molecule has 1 unspecified atom stereocenters. The van der Waals surface area contributed by atoms with Crippen molar-refractivity contribution in [3.05, 3.63) is 119 Å². The lowest BCUT2D eigenvalue weighted by Crippen LogP contribution is -2.19. The lowest BCUT2D eigenvalue weighted by atomic mass is 10.1. The Labute approximate surface area is 219 Å². The number of halogens is 1. The fourth-order valence-corrected chi connectivity index (χ4v) is 4.74. The molecule has 0 spiro atoms. The second-order valence-corrected chi connectivity index (χ2v) is 9.59. The van der Waals surface area contributed by atoms with Gasteiger partial charge in [0.15, 0.2) is 0 Å². The third-order valence-electron chi connectivity index (χ3n) is 5.38. The van der Waals surface area contributed by atoms with Crippen LogP contribution < -0.4 is 15.4 Å². The molecule has 0 fully saturated rings. The Morgan fingerprint density at radius 1 is 0.833 bits per heavy atom. The number of ether oxygens (including phenoxy) is 1. The average molecular weight is 517 g/mol. The van der Waals surface area contributed by atoms with Gasteiger partial charge >= 0.3 is 0 Å². The normalized spacial score (nSPS) is 11.4. The average Bonchev–Trinajstić information content (AvgIpc) is 2.90. The maximum atomic E-state index is 13.3. The fraction of sp³-hybridized carbons (Fsp3) is 0.103. The van der Waals surface area contributed by atoms with Gasteiger partial charge in [-0.2, -0.15) is 0 Å². The van der Waals surface area contributed by atoms with E-state index in [4.69, 9.17) is 16.3 Å². The molecule has 7 heteroatoms. The summed E-state index contributed by atoms with van der Waals surface area (Å²) in [6.45, 7) is 0. The summed E-state index contributed by atoms with van der Waals surface area (Å²) in [5.41, 5.74) is 3.07. The summed E-state index contributed by atoms with van der Waals surface area (Å²) in [5.74, 6) is 0.327. The van der Waals surface area contributed by atoms with E-state index in [0.29, 0.717) is 22.1 Å². The van der Waals surface area contributed by atoms with Crippen molar-refractivity contribution in [2.24, 2.45) is 0 Å². The van der Waals surface area contributed by atoms with Gasteiger partial charge in [0.1, 0.15) is 11.0 Å². The fourth-order valence-electron chi connectivity index (χ4n) is 3.59. The van der Waals surface area contributed by atoms with Gasteiger partial charge in [-0.05, 0) is 59.7 Å². The van der Waals surface area contributed by atoms with Crippen LogP contribution in [0.25, 0.3) is 0 Å². The van der Waals surface area contributed by atoms with Crippen LogP contribution in [0.2, 0.25) is 5.02 Å². The number of benzene rings is 4. The van der Waals surface area contributed by atoms with E-state index in [1.165, 1.54) is 11.8 Å². The molecule has 0 saturated carbocycles. The molecule has 0 aliphatic rings. The molecule has 4 rings (SSSR count). The quantitative estimate of drug-likeness (QED) is 0.235. The van der Waals surface area contributed by atoms with Gasteiger partial charge in [0.25, 0.3) is 0 Å². The molecule has 0 bridgehead atoms. The number of hydrogen-bond donors (Lipinski definition) is 2. The van der Waals surface area contributed by atoms with E-state index in [1.54, 1.807) is 25.3 Å². The molecule has 5 nitrogen and oxygen atoms in total. The molecule has 0 aromatic heterocycles. The number of rotatable bonds is 9. The molecule has 0 aliphatic carbocycles. The van der Waals surface area contributed by atoms with Crippen LogP contribution in [0.1, 0.15) is 16.4 Å². The van der Waals surface area contributed by atoms with Crippen molar-refractivity contribution in [2.75, 3.05) is 17.7 Å². The van der Waals surface area contributed by atoms with E-state index in [1.807, 2.05) is 84.9 Å². The van der Waals surface area contributed by atoms with E-state index in [-0.39, 0.29) is 18.2 Å². The van der Waals surface area contributed by atoms with Crippen molar-refractivity contribution < 1.29 is 14.3 Å². The van der Waals surface area contributed by atoms with E-state index in [0.717, 1.165) is 16.0 Å². The summed E-state index contributed by atoms with van der Waals surface area (Å²) in [5, 5.41) is 6.06. The van der Waals surface area contributed by atoms with Gasteiger partial charge < -0.3 is 15.4 Å². The summed E-state index contributed by atoms with van der Waals surface area (Å²) in [7, 11) is 1.57. The van der Waals surface area contributed by atoms with Gasteiger partial charge in [0, 0.05) is 15.6 Å². The van der Waals surface area contributed by atoms with Crippen molar-refractivity contribution >= 4 is 46.6 Å². The third kappa shape index (κ3) is 6.90. The first-order chi connectivity index (χ1) is 17.5. The van der Waals surface area contributed by atoms with Gasteiger partial charge in [-0.3, -0.25) is 9.59 Å². The number of anilines is 2. The molecule has 4 aromatic rings. The molecule has 2 N–H and O–H groups in total. The molecular weight excluding hydrogens is 492 g/mol. The van der Waals surface area contributed by atoms with Crippen LogP contribution in [-0.4, -0.2) is 18.9 Å². The minimum atomic E-state index is -0.485. The van der Waals surface area contributed by atoms with E-state index in [2.05, 4.69) is 10.6 Å². The Morgan fingerprint density at radius 2 is 1.50 bits per heavy atom. The Morgan fingerprint density at radius 3 is 2.19 bits per heavy atom. The van der Waals surface area contributed by atoms with Crippen molar-refractivity contribution in [3.8, 4) is 5.75 Å². The second-order valence-electron chi connectivity index (χ2n) is 7.97. The zero-order valence-corrected chi connectivity index (χ0v) is 21.2. The summed E-state index contributed by atoms with van der Waals surface area (Å²) in [6, 6.07) is 31.6. The van der Waals surface area contributed by atoms with Crippen LogP contribution in [0.4, 0.5) is 11.4 Å². The smallest absolute Gasteiger partial charge is 0.242 e. The van der Waals surface area contributed by atoms with Crippen LogP contribution in [0.5, 0.6) is 5.75 Å². The maximum Gasteiger partial charge on any atom is 0.242 e. The molecule has 0 radical (unpaired) electrons. The predicted octanol–water partition coefficient (Wildman–Crippen LogP) is 7.00. The topological polar surface area (TPSA) is 67.4 Å². The predicted molar refractivity (Wildman–Crippen MR) is 147 cm³/mol. The van der Waals surface area contributed by atoms with Crippen LogP contribution in [0.15, 0.2) is 108 Å². The van der Waals surface area contributed by atoms with Crippen LogP contribution >= 0.6 is 23.4 Å². The summed E-state index contributed by atoms with van der Waals surface area (Å²) < 4.78 is 5.38. The highest BCUT2D eigenvalue weighted by Gasteiger charge is 2.23. The van der Waals surface area contributed by atoms with E-state index >= 15 is 0 Å². The van der Waals surface area contributed by atoms with Crippen molar-refractivity contribution in [3.63, 3.8) is 0 Å². The highest BCUT2D eigenvalue weighted by atomic mass is 35.5. The first kappa shape index (κ1) is 25.4. The van der Waals surface area contributed by atoms with Crippen molar-refractivity contribution in [1.82, 2.24) is 0 Å². The molecule has 0 saturated heterocycles. The summed E-state index contributed by atoms with van der Waals surface area (Å²) in [4.78, 5) is 26.7. The molecule has 1 atom stereocenters. The Bertz CT molecular complexity index is 1310. The summed E-state index contributed by atoms with van der Waals surface area (Å²) in [6.07, 6.45) is 0.257. The molecule has 36 heavy (non-hydrogen) atoms. The standard InChI is InChI=1S/C29H25ClN2O3S/c1-35-26-10-6-5-9-25(26)32-29(34)28(21-7-3-2-4-8-21)36-24-17-15-23(16-18-24)31-27(33)19-20-11-13-22(30)14-12-20/h2-18,28H,19H2,1H3,(H,31,33)(H,32,34). The Balaban J connectivity index is 1.45. The monoisotopic (exact) mass is 516 g/mol. The van der Waals surface area contributed by atoms with Gasteiger partial charge in [-0.25, -0.2) is 0 Å². The molecule has 0 heterocycles. The number of carbonyl (C=O) groups is 2. The SMILES string of the molecule is COc1ccccc1NC(=O)C(Sc1ccc(NC(=O)Cc2ccc(Cl)cc2)cc1)c1ccccc1. The molecular formula is C29H25ClN2O3S. The highest BCUT2D eigenvalue weighted by Crippen LogP contribution is 2.37. The van der Waals surface area contributed by atoms with Crippen molar-refractivity contribution in [2.45, 2.75) is 16.6 Å². The number of hydrogen-bond acceptors (Lipinski definition) is 4. The summed E-state index contributed by atoms with van der Waals surface area (Å²) >= 11 is 7.34. The minimum Gasteiger partial charge on any atom is -0.495 e. The van der Waals surface area contributed by atoms with Crippen LogP contribution in [0, 0.1) is 0 Å². The zero-order chi connectivity index (χ0) is 25.3. The van der Waals surface area contributed by atoms with Gasteiger partial charge in [-0.1, -0.05) is 66.2 Å². The second kappa shape index (κ2) is 12.3. The number of thioether (sulfide) groups is 1. The maximum absolute atomic E-state index is 13.3. The molecule has 2 amide bonds. The highest BCUT2D eigenvalue weighted by molar-refractivity contribution is 8.00. The first-order valence-electron chi connectivity index (χ1n) is 11.3. The number of methoxy groups -OCH3 is 1. The van der Waals surface area contributed by atoms with Gasteiger partial charge in [0.05, 0.1) is 19.2 Å². The number of carbonyl (C=O) groups excluding carboxylic acids is 2. The van der Waals surface area contributed by atoms with Crippen LogP contribution in [0.3, 0.4) is 0 Å². The lowest BCUT2D eigenvalue weighted by Gasteiger charge is -2.18. The number of amides is 2. The lowest BCUT2D eigenvalue weighted by molar-refractivity contribution is -0.116.